The van der Waals surface area contributed by atoms with Gasteiger partial charge in [-0.3, -0.25) is 39.4 Å². The molecule has 0 radical (unpaired) electrons. The lowest BCUT2D eigenvalue weighted by Gasteiger charge is -2.33. The molecule has 0 spiro atoms. The molecular formula is C96H95BrN6O8. The maximum Gasteiger partial charge on any atom is 0.271 e. The van der Waals surface area contributed by atoms with Crippen LogP contribution in [0.3, 0.4) is 0 Å². The van der Waals surface area contributed by atoms with Crippen LogP contribution in [0.15, 0.2) is 199 Å². The molecule has 4 amide bonds. The van der Waals surface area contributed by atoms with Crippen LogP contribution in [0.4, 0.5) is 39.8 Å². The first-order chi connectivity index (χ1) is 53.5. The van der Waals surface area contributed by atoms with E-state index in [1.807, 2.05) is 72.8 Å². The third-order valence-corrected chi connectivity index (χ3v) is 23.9. The number of anilines is 5. The van der Waals surface area contributed by atoms with Gasteiger partial charge in [-0.25, -0.2) is 9.80 Å². The third kappa shape index (κ3) is 13.7. The summed E-state index contributed by atoms with van der Waals surface area (Å²) < 4.78 is 1.05. The number of nitrogens with one attached hydrogen (secondary N) is 1. The van der Waals surface area contributed by atoms with Crippen molar-refractivity contribution in [3.05, 3.63) is 263 Å². The van der Waals surface area contributed by atoms with Gasteiger partial charge in [-0.1, -0.05) is 259 Å². The summed E-state index contributed by atoms with van der Waals surface area (Å²) in [6.07, 6.45) is 9.14. The highest BCUT2D eigenvalue weighted by Gasteiger charge is 2.41. The Labute approximate surface area is 656 Å². The van der Waals surface area contributed by atoms with E-state index in [2.05, 4.69) is 194 Å². The summed E-state index contributed by atoms with van der Waals surface area (Å²) >= 11 is 3.72. The van der Waals surface area contributed by atoms with Gasteiger partial charge in [-0.15, -0.1) is 0 Å². The summed E-state index contributed by atoms with van der Waals surface area (Å²) in [6.45, 7) is 27.3. The second kappa shape index (κ2) is 31.7. The van der Waals surface area contributed by atoms with E-state index in [-0.39, 0.29) is 68.5 Å². The number of fused-ring (bicyclic) bond motifs is 4. The molecule has 14 aromatic rings. The molecule has 16 rings (SSSR count). The number of hydrogen-bond donors (Lipinski definition) is 1. The molecule has 0 saturated carbocycles. The van der Waals surface area contributed by atoms with Crippen molar-refractivity contribution in [3.8, 4) is 0 Å². The van der Waals surface area contributed by atoms with Crippen LogP contribution in [-0.4, -0.2) is 46.6 Å². The molecule has 14 aromatic carbocycles. The second-order valence-electron chi connectivity index (χ2n) is 31.3. The lowest BCUT2D eigenvalue weighted by molar-refractivity contribution is -0.385. The molecular weight excluding hydrogens is 1440 g/mol. The van der Waals surface area contributed by atoms with Crippen molar-refractivity contribution in [2.75, 3.05) is 33.1 Å². The maximum absolute atomic E-state index is 14.7. The van der Waals surface area contributed by atoms with Crippen LogP contribution in [0.1, 0.15) is 222 Å². The quantitative estimate of drug-likeness (QED) is 0.0213. The number of nitro benzene ring substituents is 2. The summed E-state index contributed by atoms with van der Waals surface area (Å²) in [7, 11) is 0. The summed E-state index contributed by atoms with van der Waals surface area (Å²) in [5.74, 6) is 0.519. The van der Waals surface area contributed by atoms with Crippen molar-refractivity contribution < 1.29 is 29.0 Å². The maximum atomic E-state index is 14.7. The van der Waals surface area contributed by atoms with E-state index in [9.17, 15) is 39.4 Å². The monoisotopic (exact) mass is 1540 g/mol. The van der Waals surface area contributed by atoms with Crippen molar-refractivity contribution in [1.82, 2.24) is 0 Å². The standard InChI is InChI=1S/C48H47N3O4.C34H26BrNO2.C14H22N2O2/c1-7-9-13-30(8-2)27-49(31-14-10-15-32(26-31)51(54)55)42-25-24-36-38-21-23-41-45-40(22-20-37(44(38)45)35-18-12-19-39(42)43(35)36)47(52)50(48(41)53)46-33(28(3)4)16-11-17-34(46)29(5)6;1-17(2)19-7-5-8-20(18(3)4)32(19)36-33(37)26-13-11-23-21-9-6-10-25-28(35)16-15-22(29(21)25)24-12-14-27(34(36)38)31(26)30(23)24;1-3-5-7-12(4-2)11-15-13-8-6-9-14(10-13)16(17)18/h10-12,14-26,28-30H,7-9,13,27H2,1-6H3;5-18H,1-4H3;6,8-10,12,15H,3-5,7,11H2,1-2H3. The van der Waals surface area contributed by atoms with Crippen LogP contribution in [-0.2, 0) is 0 Å². The zero-order valence-electron chi connectivity index (χ0n) is 65.4. The first kappa shape index (κ1) is 76.6. The summed E-state index contributed by atoms with van der Waals surface area (Å²) in [6, 6.07) is 62.9. The van der Waals surface area contributed by atoms with Crippen LogP contribution in [0.5, 0.6) is 0 Å². The van der Waals surface area contributed by atoms with Crippen molar-refractivity contribution in [2.24, 2.45) is 11.8 Å². The van der Waals surface area contributed by atoms with Crippen LogP contribution < -0.4 is 20.0 Å². The highest BCUT2D eigenvalue weighted by atomic mass is 79.9. The van der Waals surface area contributed by atoms with Gasteiger partial charge >= 0.3 is 0 Å². The number of imide groups is 2. The van der Waals surface area contributed by atoms with Gasteiger partial charge in [0.15, 0.2) is 0 Å². The lowest BCUT2D eigenvalue weighted by atomic mass is 9.83. The molecule has 0 bridgehead atoms. The van der Waals surface area contributed by atoms with E-state index in [0.717, 1.165) is 170 Å². The summed E-state index contributed by atoms with van der Waals surface area (Å²) in [5, 5.41) is 42.2. The Morgan fingerprint density at radius 3 is 1.19 bits per heavy atom. The van der Waals surface area contributed by atoms with Crippen molar-refractivity contribution in [1.29, 1.82) is 0 Å². The van der Waals surface area contributed by atoms with Crippen molar-refractivity contribution >= 4 is 166 Å². The van der Waals surface area contributed by atoms with Gasteiger partial charge in [0.25, 0.3) is 35.0 Å². The van der Waals surface area contributed by atoms with Gasteiger partial charge < -0.3 is 10.2 Å². The number of rotatable bonds is 23. The summed E-state index contributed by atoms with van der Waals surface area (Å²) in [5.41, 5.74) is 10.5. The van der Waals surface area contributed by atoms with Crippen molar-refractivity contribution in [2.45, 2.75) is 158 Å². The molecule has 15 heteroatoms. The fourth-order valence-corrected chi connectivity index (χ4v) is 17.8. The number of carbonyl (C=O) groups excluding carboxylic acids is 4. The van der Waals surface area contributed by atoms with Gasteiger partial charge in [0.1, 0.15) is 0 Å². The molecule has 0 fully saturated rings. The fraction of sp³-hybridized carbons (Fsp3) is 0.292. The van der Waals surface area contributed by atoms with E-state index in [1.54, 1.807) is 30.3 Å². The van der Waals surface area contributed by atoms with E-state index in [4.69, 9.17) is 0 Å². The molecule has 0 aliphatic carbocycles. The van der Waals surface area contributed by atoms with E-state index >= 15 is 0 Å². The highest BCUT2D eigenvalue weighted by Crippen LogP contribution is 2.51. The molecule has 0 saturated heterocycles. The van der Waals surface area contributed by atoms with Gasteiger partial charge in [0.2, 0.25) is 0 Å². The number of unbranched alkanes of at least 4 members (excludes halogenated alkanes) is 2. The van der Waals surface area contributed by atoms with Crippen LogP contribution in [0, 0.1) is 32.1 Å². The zero-order valence-corrected chi connectivity index (χ0v) is 67.0. The summed E-state index contributed by atoms with van der Waals surface area (Å²) in [4.78, 5) is 84.9. The number of hydrogen-bond acceptors (Lipinski definition) is 10. The van der Waals surface area contributed by atoms with Crippen molar-refractivity contribution in [3.63, 3.8) is 0 Å². The Bertz CT molecular complexity index is 5830. The van der Waals surface area contributed by atoms with Gasteiger partial charge in [0, 0.05) is 97.3 Å². The minimum atomic E-state index is -0.362. The number of nitrogens with zero attached hydrogens (tertiary/aromatic N) is 5. The molecule has 1 N–H and O–H groups in total. The smallest absolute Gasteiger partial charge is 0.271 e. The van der Waals surface area contributed by atoms with Gasteiger partial charge in [-0.2, -0.15) is 0 Å². The Morgan fingerprint density at radius 1 is 0.396 bits per heavy atom. The Morgan fingerprint density at radius 2 is 0.757 bits per heavy atom. The molecule has 564 valence electrons. The minimum absolute atomic E-state index is 0.0660. The number of para-hydroxylation sites is 2. The lowest BCUT2D eigenvalue weighted by Crippen LogP contribution is -2.41. The predicted molar refractivity (Wildman–Crippen MR) is 463 cm³/mol. The second-order valence-corrected chi connectivity index (χ2v) is 32.2. The normalized spacial score (nSPS) is 13.5. The van der Waals surface area contributed by atoms with Gasteiger partial charge in [-0.05, 0) is 189 Å². The molecule has 111 heavy (non-hydrogen) atoms. The molecule has 2 aliphatic heterocycles. The molecule has 14 nitrogen and oxygen atoms in total. The minimum Gasteiger partial charge on any atom is -0.385 e. The van der Waals surface area contributed by atoms with Gasteiger partial charge in [0.05, 0.1) is 21.2 Å². The number of carbonyl (C=O) groups is 4. The van der Waals surface area contributed by atoms with Crippen LogP contribution in [0.25, 0.3) is 86.2 Å². The van der Waals surface area contributed by atoms with E-state index in [0.29, 0.717) is 45.2 Å². The molecule has 2 unspecified atom stereocenters. The number of amides is 4. The molecule has 2 aliphatic rings. The highest BCUT2D eigenvalue weighted by molar-refractivity contribution is 9.10. The fourth-order valence-electron chi connectivity index (χ4n) is 17.3. The number of non-ortho nitro benzene ring substituents is 2. The Balaban J connectivity index is 0.000000157. The zero-order chi connectivity index (χ0) is 78.5. The Kier molecular flexibility index (Phi) is 21.9. The SMILES string of the molecule is CC(C)c1cccc(C(C)C)c1N1C(=O)c2ccc3c4cccc5c(Br)ccc(c6ccc(c2c36)C1=O)c54.CCCCC(CC)CN(c1cccc([N+](=O)[O-])c1)c1ccc2c3ccc4c5c(ccc(c6cccc1c62)c53)C(=O)N(c1c(C(C)C)cccc1C(C)C)C4=O.CCCCC(CC)CNc1cccc([N+](=O)[O-])c1. The molecule has 0 aromatic heterocycles. The van der Waals surface area contributed by atoms with Crippen LogP contribution in [0.2, 0.25) is 0 Å². The first-order valence-electron chi connectivity index (χ1n) is 39.5. The first-order valence-corrected chi connectivity index (χ1v) is 40.3. The third-order valence-electron chi connectivity index (χ3n) is 23.2. The Hall–Kier alpha value is -11.2. The van der Waals surface area contributed by atoms with E-state index < -0.39 is 0 Å². The van der Waals surface area contributed by atoms with Crippen LogP contribution >= 0.6 is 15.9 Å². The average molecular weight is 1540 g/mol. The largest absolute Gasteiger partial charge is 0.385 e. The molecule has 2 atom stereocenters. The number of nitro groups is 2. The van der Waals surface area contributed by atoms with E-state index in [1.165, 1.54) is 40.5 Å². The predicted octanol–water partition coefficient (Wildman–Crippen LogP) is 26.8. The number of halogens is 1. The average Bonchev–Trinajstić information content (AvgIpc) is 0.701. The topological polar surface area (TPSA) is 176 Å². The number of benzene rings is 14. The molecule has 2 heterocycles.